The Balaban J connectivity index is 1.26. The number of carbonyl (C=O) groups is 2. The van der Waals surface area contributed by atoms with Gasteiger partial charge in [0.05, 0.1) is 23.5 Å². The van der Waals surface area contributed by atoms with Crippen molar-refractivity contribution < 1.29 is 45.8 Å². The molecule has 1 aliphatic heterocycles. The third-order valence-corrected chi connectivity index (χ3v) is 8.79. The summed E-state index contributed by atoms with van der Waals surface area (Å²) in [5.74, 6) is 0.137. The third kappa shape index (κ3) is 7.86. The second-order valence-electron chi connectivity index (χ2n) is 11.3. The molecule has 0 saturated carbocycles. The number of aryl methyl sites for hydroxylation is 2. The van der Waals surface area contributed by atoms with Crippen LogP contribution in [0.5, 0.6) is 11.5 Å². The van der Waals surface area contributed by atoms with Crippen LogP contribution in [0.2, 0.25) is 0 Å². The molecule has 0 spiro atoms. The predicted octanol–water partition coefficient (Wildman–Crippen LogP) is 7.57. The van der Waals surface area contributed by atoms with E-state index in [1.165, 1.54) is 0 Å². The number of benzene rings is 4. The summed E-state index contributed by atoms with van der Waals surface area (Å²) in [6, 6.07) is 18.3. The van der Waals surface area contributed by atoms with E-state index in [1.807, 2.05) is 44.2 Å². The topological polar surface area (TPSA) is 131 Å². The zero-order chi connectivity index (χ0) is 34.1. The van der Waals surface area contributed by atoms with E-state index in [9.17, 15) is 31.2 Å². The Bertz CT molecular complexity index is 1950. The van der Waals surface area contributed by atoms with Gasteiger partial charge >= 0.3 is 18.2 Å². The molecule has 0 saturated heterocycles. The molecular weight excluding hydrogens is 637 g/mol. The molecule has 3 N–H and O–H groups in total. The number of urea groups is 1. The van der Waals surface area contributed by atoms with Gasteiger partial charge in [0.25, 0.3) is 0 Å². The molecule has 0 aromatic heterocycles. The smallest absolute Gasteiger partial charge is 0.417 e. The summed E-state index contributed by atoms with van der Waals surface area (Å²) in [7, 11) is -4.15. The van der Waals surface area contributed by atoms with Gasteiger partial charge in [0, 0.05) is 35.2 Å². The molecule has 1 heterocycles. The van der Waals surface area contributed by atoms with E-state index in [2.05, 4.69) is 10.6 Å². The number of nitrogens with one attached hydrogen (secondary N) is 2. The van der Waals surface area contributed by atoms with Crippen LogP contribution in [0, 0.1) is 13.8 Å². The molecule has 4 aromatic carbocycles. The summed E-state index contributed by atoms with van der Waals surface area (Å²) in [5.41, 5.74) is 4.08. The van der Waals surface area contributed by atoms with E-state index in [1.54, 1.807) is 24.3 Å². The molecule has 0 fully saturated rings. The average molecular weight is 669 g/mol. The van der Waals surface area contributed by atoms with Gasteiger partial charge in [-0.1, -0.05) is 24.3 Å². The number of carboxylic acid groups (broad SMARTS) is 1. The number of amides is 2. The number of fused-ring (bicyclic) bond motifs is 1. The molecule has 13 heteroatoms. The molecule has 246 valence electrons. The molecule has 0 bridgehead atoms. The maximum Gasteiger partial charge on any atom is 0.417 e. The van der Waals surface area contributed by atoms with E-state index in [0.717, 1.165) is 45.5 Å². The number of anilines is 2. The lowest BCUT2D eigenvalue weighted by Gasteiger charge is -2.16. The van der Waals surface area contributed by atoms with Gasteiger partial charge in [-0.25, -0.2) is 13.2 Å². The van der Waals surface area contributed by atoms with Gasteiger partial charge in [-0.05, 0) is 84.1 Å². The SMILES string of the molecule is Cc1cc(NC(=O)Nc2ccc(S(C)(=O)=O)c(C(F)(F)F)c2)cc(C)c1-c1cccc(COc2ccc3c(c2)OC[C@H]3CC(=O)O)c1. The van der Waals surface area contributed by atoms with Crippen molar-refractivity contribution in [1.29, 1.82) is 0 Å². The third-order valence-electron chi connectivity index (χ3n) is 7.64. The Morgan fingerprint density at radius 1 is 0.957 bits per heavy atom. The van der Waals surface area contributed by atoms with Crippen LogP contribution in [-0.4, -0.2) is 38.4 Å². The number of carbonyl (C=O) groups excluding carboxylic acids is 1. The zero-order valence-electron chi connectivity index (χ0n) is 25.6. The van der Waals surface area contributed by atoms with Crippen molar-refractivity contribution in [1.82, 2.24) is 0 Å². The molecule has 9 nitrogen and oxygen atoms in total. The molecule has 1 atom stereocenters. The maximum atomic E-state index is 13.5. The average Bonchev–Trinajstić information content (AvgIpc) is 3.36. The minimum atomic E-state index is -4.94. The molecule has 0 unspecified atom stereocenters. The van der Waals surface area contributed by atoms with Crippen molar-refractivity contribution >= 4 is 33.2 Å². The summed E-state index contributed by atoms with van der Waals surface area (Å²) in [4.78, 5) is 22.9. The van der Waals surface area contributed by atoms with E-state index in [4.69, 9.17) is 14.6 Å². The van der Waals surface area contributed by atoms with Gasteiger partial charge in [-0.15, -0.1) is 0 Å². The van der Waals surface area contributed by atoms with E-state index in [0.29, 0.717) is 36.1 Å². The number of halogens is 3. The first-order valence-corrected chi connectivity index (χ1v) is 16.3. The van der Waals surface area contributed by atoms with Crippen molar-refractivity contribution in [2.45, 2.75) is 43.9 Å². The van der Waals surface area contributed by atoms with Crippen LogP contribution in [0.4, 0.5) is 29.3 Å². The van der Waals surface area contributed by atoms with Gasteiger partial charge in [-0.3, -0.25) is 4.79 Å². The van der Waals surface area contributed by atoms with Crippen LogP contribution < -0.4 is 20.1 Å². The molecule has 47 heavy (non-hydrogen) atoms. The Morgan fingerprint density at radius 3 is 2.32 bits per heavy atom. The van der Waals surface area contributed by atoms with Crippen LogP contribution in [0.15, 0.2) is 77.7 Å². The number of ether oxygens (including phenoxy) is 2. The number of aliphatic carboxylic acids is 1. The summed E-state index contributed by atoms with van der Waals surface area (Å²) in [6.07, 6.45) is -4.26. The molecule has 1 aliphatic rings. The van der Waals surface area contributed by atoms with Gasteiger partial charge in [0.1, 0.15) is 18.1 Å². The van der Waals surface area contributed by atoms with E-state index < -0.39 is 38.5 Å². The van der Waals surface area contributed by atoms with Crippen LogP contribution in [0.1, 0.15) is 40.2 Å². The molecule has 0 radical (unpaired) electrons. The summed E-state index contributed by atoms with van der Waals surface area (Å²) in [6.45, 7) is 4.32. The minimum Gasteiger partial charge on any atom is -0.492 e. The molecule has 0 aliphatic carbocycles. The zero-order valence-corrected chi connectivity index (χ0v) is 26.4. The molecule has 2 amide bonds. The quantitative estimate of drug-likeness (QED) is 0.168. The van der Waals surface area contributed by atoms with Crippen LogP contribution in [0.25, 0.3) is 11.1 Å². The largest absolute Gasteiger partial charge is 0.492 e. The standard InChI is InChI=1S/C34H31F3N2O7S/c1-19-11-25(39-33(42)38-24-7-10-30(47(3,43)44)28(15-24)34(35,36)37)12-20(2)32(19)22-6-4-5-21(13-22)17-45-26-8-9-27-23(14-31(40)41)18-46-29(27)16-26/h4-13,15-16,23H,14,17-18H2,1-3H3,(H,40,41)(H2,38,39,42)/t23-/m1/s1. The van der Waals surface area contributed by atoms with Gasteiger partial charge in [0.2, 0.25) is 0 Å². The maximum absolute atomic E-state index is 13.5. The van der Waals surface area contributed by atoms with Crippen molar-refractivity contribution in [3.05, 3.63) is 101 Å². The fraction of sp³-hybridized carbons (Fsp3) is 0.235. The first kappa shape index (κ1) is 33.3. The molecule has 4 aromatic rings. The van der Waals surface area contributed by atoms with Crippen LogP contribution in [-0.2, 0) is 27.4 Å². The summed E-state index contributed by atoms with van der Waals surface area (Å²) < 4.78 is 75.9. The highest BCUT2D eigenvalue weighted by atomic mass is 32.2. The number of rotatable bonds is 9. The Hall–Kier alpha value is -5.04. The van der Waals surface area contributed by atoms with E-state index in [-0.39, 0.29) is 24.6 Å². The van der Waals surface area contributed by atoms with Gasteiger partial charge in [-0.2, -0.15) is 13.2 Å². The lowest BCUT2D eigenvalue weighted by atomic mass is 9.94. The normalized spacial score (nSPS) is 14.2. The first-order chi connectivity index (χ1) is 22.1. The van der Waals surface area contributed by atoms with Gasteiger partial charge in [0.15, 0.2) is 9.84 Å². The minimum absolute atomic E-state index is 0.00143. The highest BCUT2D eigenvalue weighted by molar-refractivity contribution is 7.90. The number of carboxylic acids is 1. The lowest BCUT2D eigenvalue weighted by molar-refractivity contribution is -0.140. The van der Waals surface area contributed by atoms with Crippen molar-refractivity contribution in [3.8, 4) is 22.6 Å². The summed E-state index contributed by atoms with van der Waals surface area (Å²) >= 11 is 0. The molecule has 5 rings (SSSR count). The monoisotopic (exact) mass is 668 g/mol. The fourth-order valence-corrected chi connectivity index (χ4v) is 6.54. The highest BCUT2D eigenvalue weighted by Gasteiger charge is 2.36. The first-order valence-electron chi connectivity index (χ1n) is 14.4. The Labute approximate surface area is 269 Å². The number of alkyl halides is 3. The van der Waals surface area contributed by atoms with Crippen LogP contribution >= 0.6 is 0 Å². The van der Waals surface area contributed by atoms with E-state index >= 15 is 0 Å². The summed E-state index contributed by atoms with van der Waals surface area (Å²) in [5, 5.41) is 14.1. The van der Waals surface area contributed by atoms with Crippen molar-refractivity contribution in [3.63, 3.8) is 0 Å². The van der Waals surface area contributed by atoms with Crippen molar-refractivity contribution in [2.24, 2.45) is 0 Å². The number of hydrogen-bond acceptors (Lipinski definition) is 6. The van der Waals surface area contributed by atoms with Gasteiger partial charge < -0.3 is 25.2 Å². The van der Waals surface area contributed by atoms with Crippen molar-refractivity contribution in [2.75, 3.05) is 23.5 Å². The number of hydrogen-bond donors (Lipinski definition) is 3. The Morgan fingerprint density at radius 2 is 1.66 bits per heavy atom. The second kappa shape index (κ2) is 13.0. The van der Waals surface area contributed by atoms with Crippen LogP contribution in [0.3, 0.4) is 0 Å². The molecular formula is C34H31F3N2O7S. The lowest BCUT2D eigenvalue weighted by Crippen LogP contribution is -2.20. The fourth-order valence-electron chi connectivity index (χ4n) is 5.65. The second-order valence-corrected chi connectivity index (χ2v) is 13.3. The Kier molecular flexibility index (Phi) is 9.21. The number of sulfone groups is 1. The highest BCUT2D eigenvalue weighted by Crippen LogP contribution is 2.39. The predicted molar refractivity (Wildman–Crippen MR) is 170 cm³/mol.